The zero-order chi connectivity index (χ0) is 14.0. The van der Waals surface area contributed by atoms with Crippen molar-refractivity contribution in [1.29, 1.82) is 0 Å². The number of hydrogen-bond donors (Lipinski definition) is 3. The number of nitrogens with one attached hydrogen (secondary N) is 1. The van der Waals surface area contributed by atoms with Gasteiger partial charge >= 0.3 is 0 Å². The topological polar surface area (TPSA) is 52.5 Å². The molecule has 0 heterocycles. The van der Waals surface area contributed by atoms with Crippen molar-refractivity contribution in [2.45, 2.75) is 13.0 Å². The lowest BCUT2D eigenvalue weighted by Gasteiger charge is -2.17. The molecule has 0 aliphatic heterocycles. The van der Waals surface area contributed by atoms with Crippen LogP contribution < -0.4 is 5.32 Å². The summed E-state index contributed by atoms with van der Waals surface area (Å²) in [6.07, 6.45) is 0. The summed E-state index contributed by atoms with van der Waals surface area (Å²) in [7, 11) is 0. The molecule has 2 aromatic rings. The van der Waals surface area contributed by atoms with E-state index in [1.807, 2.05) is 0 Å². The molecule has 5 heteroatoms. The lowest BCUT2D eigenvalue weighted by atomic mass is 10.1. The van der Waals surface area contributed by atoms with E-state index >= 15 is 0 Å². The van der Waals surface area contributed by atoms with Gasteiger partial charge in [0.05, 0.1) is 11.7 Å². The molecule has 19 heavy (non-hydrogen) atoms. The Balaban J connectivity index is 2.25. The van der Waals surface area contributed by atoms with E-state index in [9.17, 15) is 14.6 Å². The van der Waals surface area contributed by atoms with E-state index in [4.69, 9.17) is 0 Å². The number of benzene rings is 2. The SMILES string of the molecule is CC(Nc1ccc(Br)cc1F)c1cc(O)ccc1O. The highest BCUT2D eigenvalue weighted by Gasteiger charge is 2.13. The minimum absolute atomic E-state index is 0.0512. The zero-order valence-corrected chi connectivity index (χ0v) is 11.8. The fraction of sp³-hybridized carbons (Fsp3) is 0.143. The molecule has 0 saturated carbocycles. The van der Waals surface area contributed by atoms with Crippen molar-refractivity contribution in [3.05, 3.63) is 52.3 Å². The average molecular weight is 326 g/mol. The molecule has 2 rings (SSSR count). The lowest BCUT2D eigenvalue weighted by Crippen LogP contribution is -2.08. The normalized spacial score (nSPS) is 12.2. The van der Waals surface area contributed by atoms with E-state index in [2.05, 4.69) is 21.2 Å². The molecule has 0 fully saturated rings. The van der Waals surface area contributed by atoms with Crippen LogP contribution in [0.25, 0.3) is 0 Å². The summed E-state index contributed by atoms with van der Waals surface area (Å²) in [5, 5.41) is 22.1. The first-order valence-electron chi connectivity index (χ1n) is 5.71. The lowest BCUT2D eigenvalue weighted by molar-refractivity contribution is 0.451. The Labute approximate surface area is 118 Å². The summed E-state index contributed by atoms with van der Waals surface area (Å²) in [6, 6.07) is 8.59. The number of hydrogen-bond acceptors (Lipinski definition) is 3. The Hall–Kier alpha value is -1.75. The van der Waals surface area contributed by atoms with Crippen LogP contribution >= 0.6 is 15.9 Å². The third-order valence-corrected chi connectivity index (χ3v) is 3.27. The highest BCUT2D eigenvalue weighted by molar-refractivity contribution is 9.10. The molecular weight excluding hydrogens is 313 g/mol. The van der Waals surface area contributed by atoms with Crippen molar-refractivity contribution in [3.8, 4) is 11.5 Å². The molecule has 3 nitrogen and oxygen atoms in total. The van der Waals surface area contributed by atoms with Crippen LogP contribution in [0.5, 0.6) is 11.5 Å². The second kappa shape index (κ2) is 5.48. The molecule has 0 amide bonds. The van der Waals surface area contributed by atoms with E-state index in [1.165, 1.54) is 24.3 Å². The van der Waals surface area contributed by atoms with Crippen molar-refractivity contribution in [2.24, 2.45) is 0 Å². The molecule has 100 valence electrons. The third kappa shape index (κ3) is 3.17. The van der Waals surface area contributed by atoms with Gasteiger partial charge in [-0.3, -0.25) is 0 Å². The van der Waals surface area contributed by atoms with Crippen molar-refractivity contribution in [2.75, 3.05) is 5.32 Å². The van der Waals surface area contributed by atoms with E-state index in [1.54, 1.807) is 19.1 Å². The molecule has 0 saturated heterocycles. The van der Waals surface area contributed by atoms with Gasteiger partial charge in [0.15, 0.2) is 0 Å². The van der Waals surface area contributed by atoms with Crippen LogP contribution in [0.3, 0.4) is 0 Å². The molecule has 0 bridgehead atoms. The van der Waals surface area contributed by atoms with Gasteiger partial charge in [0.1, 0.15) is 17.3 Å². The maximum atomic E-state index is 13.7. The molecule has 0 aliphatic rings. The first-order chi connectivity index (χ1) is 8.97. The Morgan fingerprint density at radius 2 is 1.89 bits per heavy atom. The smallest absolute Gasteiger partial charge is 0.147 e. The molecular formula is C14H13BrFNO2. The largest absolute Gasteiger partial charge is 0.508 e. The summed E-state index contributed by atoms with van der Waals surface area (Å²) in [6.45, 7) is 1.77. The standard InChI is InChI=1S/C14H13BrFNO2/c1-8(11-7-10(18)3-5-14(11)19)17-13-4-2-9(15)6-12(13)16/h2-8,17-19H,1H3. The highest BCUT2D eigenvalue weighted by Crippen LogP contribution is 2.31. The van der Waals surface area contributed by atoms with Crippen LogP contribution in [-0.4, -0.2) is 10.2 Å². The molecule has 0 spiro atoms. The first kappa shape index (κ1) is 13.7. The van der Waals surface area contributed by atoms with Gasteiger partial charge in [0.2, 0.25) is 0 Å². The Morgan fingerprint density at radius 3 is 2.58 bits per heavy atom. The van der Waals surface area contributed by atoms with Gasteiger partial charge in [0.25, 0.3) is 0 Å². The van der Waals surface area contributed by atoms with Crippen molar-refractivity contribution >= 4 is 21.6 Å². The Kier molecular flexibility index (Phi) is 3.95. The van der Waals surface area contributed by atoms with Crippen LogP contribution in [0.15, 0.2) is 40.9 Å². The zero-order valence-electron chi connectivity index (χ0n) is 10.2. The van der Waals surface area contributed by atoms with Crippen LogP contribution in [0.1, 0.15) is 18.5 Å². The van der Waals surface area contributed by atoms with E-state index in [0.717, 1.165) is 0 Å². The number of aromatic hydroxyl groups is 2. The fourth-order valence-electron chi connectivity index (χ4n) is 1.81. The minimum atomic E-state index is -0.388. The van der Waals surface area contributed by atoms with E-state index in [0.29, 0.717) is 15.7 Å². The van der Waals surface area contributed by atoms with Crippen LogP contribution in [-0.2, 0) is 0 Å². The molecule has 0 aromatic heterocycles. The number of phenolic OH excluding ortho intramolecular Hbond substituents is 2. The molecule has 3 N–H and O–H groups in total. The van der Waals surface area contributed by atoms with Gasteiger partial charge < -0.3 is 15.5 Å². The van der Waals surface area contributed by atoms with Crippen molar-refractivity contribution < 1.29 is 14.6 Å². The van der Waals surface area contributed by atoms with Gasteiger partial charge in [-0.15, -0.1) is 0 Å². The minimum Gasteiger partial charge on any atom is -0.508 e. The number of halogens is 2. The predicted octanol–water partition coefficient (Wildman–Crippen LogP) is 4.17. The van der Waals surface area contributed by atoms with Crippen LogP contribution in [0.4, 0.5) is 10.1 Å². The van der Waals surface area contributed by atoms with E-state index < -0.39 is 0 Å². The monoisotopic (exact) mass is 325 g/mol. The van der Waals surface area contributed by atoms with Gasteiger partial charge in [-0.2, -0.15) is 0 Å². The van der Waals surface area contributed by atoms with Crippen LogP contribution in [0, 0.1) is 5.82 Å². The first-order valence-corrected chi connectivity index (χ1v) is 6.50. The van der Waals surface area contributed by atoms with Gasteiger partial charge in [-0.05, 0) is 43.3 Å². The summed E-state index contributed by atoms with van der Waals surface area (Å²) in [4.78, 5) is 0. The van der Waals surface area contributed by atoms with E-state index in [-0.39, 0.29) is 23.4 Å². The van der Waals surface area contributed by atoms with Gasteiger partial charge in [-0.1, -0.05) is 15.9 Å². The number of phenols is 2. The molecule has 2 aromatic carbocycles. The maximum Gasteiger partial charge on any atom is 0.147 e. The van der Waals surface area contributed by atoms with Gasteiger partial charge in [0, 0.05) is 10.0 Å². The summed E-state index contributed by atoms with van der Waals surface area (Å²) in [5.74, 6) is -0.283. The predicted molar refractivity (Wildman–Crippen MR) is 75.9 cm³/mol. The van der Waals surface area contributed by atoms with Crippen molar-refractivity contribution in [1.82, 2.24) is 0 Å². The second-order valence-corrected chi connectivity index (χ2v) is 5.15. The fourth-order valence-corrected chi connectivity index (χ4v) is 2.14. The van der Waals surface area contributed by atoms with Gasteiger partial charge in [-0.25, -0.2) is 4.39 Å². The highest BCUT2D eigenvalue weighted by atomic mass is 79.9. The quantitative estimate of drug-likeness (QED) is 0.742. The Morgan fingerprint density at radius 1 is 1.16 bits per heavy atom. The number of rotatable bonds is 3. The average Bonchev–Trinajstić information content (AvgIpc) is 2.35. The summed E-state index contributed by atoms with van der Waals surface area (Å²) in [5.41, 5.74) is 0.834. The van der Waals surface area contributed by atoms with Crippen molar-refractivity contribution in [3.63, 3.8) is 0 Å². The maximum absolute atomic E-state index is 13.7. The second-order valence-electron chi connectivity index (χ2n) is 4.23. The molecule has 0 radical (unpaired) electrons. The summed E-state index contributed by atoms with van der Waals surface area (Å²) >= 11 is 3.19. The van der Waals surface area contributed by atoms with Crippen LogP contribution in [0.2, 0.25) is 0 Å². The molecule has 0 aliphatic carbocycles. The molecule has 1 atom stereocenters. The third-order valence-electron chi connectivity index (χ3n) is 2.78. The Bertz CT molecular complexity index is 604. The number of anilines is 1. The summed E-state index contributed by atoms with van der Waals surface area (Å²) < 4.78 is 14.4. The molecule has 1 unspecified atom stereocenters.